The van der Waals surface area contributed by atoms with Crippen molar-refractivity contribution in [3.05, 3.63) is 29.6 Å². The fourth-order valence-corrected chi connectivity index (χ4v) is 1.60. The minimum atomic E-state index is -0.279. The van der Waals surface area contributed by atoms with Crippen molar-refractivity contribution in [1.29, 1.82) is 0 Å². The van der Waals surface area contributed by atoms with Gasteiger partial charge in [-0.15, -0.1) is 0 Å². The lowest BCUT2D eigenvalue weighted by Gasteiger charge is -2.24. The Morgan fingerprint density at radius 1 is 1.43 bits per heavy atom. The molecular formula is C11H14FNO. The SMILES string of the molecule is CC1(C)CNCc2ccc(F)cc2O1. The lowest BCUT2D eigenvalue weighted by atomic mass is 10.1. The summed E-state index contributed by atoms with van der Waals surface area (Å²) in [5, 5.41) is 3.27. The second-order valence-corrected chi connectivity index (χ2v) is 4.22. The first-order valence-electron chi connectivity index (χ1n) is 4.75. The molecule has 0 saturated carbocycles. The van der Waals surface area contributed by atoms with Crippen molar-refractivity contribution < 1.29 is 9.13 Å². The van der Waals surface area contributed by atoms with Crippen LogP contribution in [0, 0.1) is 5.82 Å². The van der Waals surface area contributed by atoms with Gasteiger partial charge in [-0.3, -0.25) is 0 Å². The van der Waals surface area contributed by atoms with Crippen LogP contribution in [0.5, 0.6) is 5.75 Å². The summed E-state index contributed by atoms with van der Waals surface area (Å²) in [5.41, 5.74) is 0.732. The fraction of sp³-hybridized carbons (Fsp3) is 0.455. The average Bonchev–Trinajstić information content (AvgIpc) is 2.21. The van der Waals surface area contributed by atoms with E-state index in [1.54, 1.807) is 6.07 Å². The first-order chi connectivity index (χ1) is 6.57. The summed E-state index contributed by atoms with van der Waals surface area (Å²) in [6.45, 7) is 5.47. The molecule has 0 radical (unpaired) electrons. The summed E-state index contributed by atoms with van der Waals surface area (Å²) in [7, 11) is 0. The molecule has 2 nitrogen and oxygen atoms in total. The smallest absolute Gasteiger partial charge is 0.127 e. The maximum atomic E-state index is 13.0. The monoisotopic (exact) mass is 195 g/mol. The minimum Gasteiger partial charge on any atom is -0.486 e. The minimum absolute atomic E-state index is 0.249. The number of rotatable bonds is 0. The summed E-state index contributed by atoms with van der Waals surface area (Å²) in [6, 6.07) is 4.67. The molecule has 0 aromatic heterocycles. The molecule has 0 bridgehead atoms. The zero-order chi connectivity index (χ0) is 10.2. The largest absolute Gasteiger partial charge is 0.486 e. The van der Waals surface area contributed by atoms with Crippen LogP contribution < -0.4 is 10.1 Å². The third kappa shape index (κ3) is 1.87. The summed E-state index contributed by atoms with van der Waals surface area (Å²) in [4.78, 5) is 0. The first-order valence-corrected chi connectivity index (χ1v) is 4.75. The van der Waals surface area contributed by atoms with Gasteiger partial charge in [0.1, 0.15) is 17.2 Å². The Balaban J connectivity index is 2.38. The zero-order valence-electron chi connectivity index (χ0n) is 8.43. The Hall–Kier alpha value is -1.09. The van der Waals surface area contributed by atoms with Crippen LogP contribution >= 0.6 is 0 Å². The summed E-state index contributed by atoms with van der Waals surface area (Å²) < 4.78 is 18.7. The van der Waals surface area contributed by atoms with E-state index < -0.39 is 0 Å². The van der Waals surface area contributed by atoms with Gasteiger partial charge in [0.15, 0.2) is 0 Å². The molecule has 76 valence electrons. The highest BCUT2D eigenvalue weighted by molar-refractivity contribution is 5.35. The molecule has 0 aliphatic carbocycles. The second kappa shape index (κ2) is 3.24. The molecule has 0 fully saturated rings. The van der Waals surface area contributed by atoms with E-state index in [9.17, 15) is 4.39 Å². The van der Waals surface area contributed by atoms with Crippen molar-refractivity contribution in [2.24, 2.45) is 0 Å². The van der Waals surface area contributed by atoms with Gasteiger partial charge in [-0.25, -0.2) is 4.39 Å². The van der Waals surface area contributed by atoms with E-state index in [-0.39, 0.29) is 11.4 Å². The van der Waals surface area contributed by atoms with Gasteiger partial charge in [0.05, 0.1) is 0 Å². The highest BCUT2D eigenvalue weighted by Gasteiger charge is 2.24. The zero-order valence-corrected chi connectivity index (χ0v) is 8.43. The van der Waals surface area contributed by atoms with Crippen molar-refractivity contribution >= 4 is 0 Å². The normalized spacial score (nSPS) is 19.4. The van der Waals surface area contributed by atoms with Gasteiger partial charge in [-0.05, 0) is 19.9 Å². The van der Waals surface area contributed by atoms with Gasteiger partial charge in [0.2, 0.25) is 0 Å². The van der Waals surface area contributed by atoms with E-state index in [1.807, 2.05) is 13.8 Å². The Bertz CT molecular complexity index is 349. The number of hydrogen-bond acceptors (Lipinski definition) is 2. The third-order valence-electron chi connectivity index (χ3n) is 2.28. The second-order valence-electron chi connectivity index (χ2n) is 4.22. The van der Waals surface area contributed by atoms with Gasteiger partial charge < -0.3 is 10.1 Å². The lowest BCUT2D eigenvalue weighted by molar-refractivity contribution is 0.114. The summed E-state index contributed by atoms with van der Waals surface area (Å²) in [6.07, 6.45) is 0. The lowest BCUT2D eigenvalue weighted by Crippen LogP contribution is -2.37. The Kier molecular flexibility index (Phi) is 2.19. The van der Waals surface area contributed by atoms with E-state index in [0.29, 0.717) is 5.75 Å². The van der Waals surface area contributed by atoms with E-state index in [1.165, 1.54) is 12.1 Å². The van der Waals surface area contributed by atoms with Gasteiger partial charge in [-0.2, -0.15) is 0 Å². The van der Waals surface area contributed by atoms with E-state index in [2.05, 4.69) is 5.32 Å². The quantitative estimate of drug-likeness (QED) is 0.684. The van der Waals surface area contributed by atoms with Gasteiger partial charge >= 0.3 is 0 Å². The molecule has 3 heteroatoms. The van der Waals surface area contributed by atoms with Crippen molar-refractivity contribution in [2.75, 3.05) is 6.54 Å². The van der Waals surface area contributed by atoms with Crippen LogP contribution in [0.4, 0.5) is 4.39 Å². The van der Waals surface area contributed by atoms with E-state index >= 15 is 0 Å². The van der Waals surface area contributed by atoms with E-state index in [0.717, 1.165) is 18.7 Å². The average molecular weight is 195 g/mol. The van der Waals surface area contributed by atoms with Gasteiger partial charge in [0.25, 0.3) is 0 Å². The first kappa shape index (κ1) is 9.46. The molecule has 1 aromatic rings. The van der Waals surface area contributed by atoms with Crippen molar-refractivity contribution in [3.63, 3.8) is 0 Å². The Morgan fingerprint density at radius 3 is 3.00 bits per heavy atom. The maximum absolute atomic E-state index is 13.0. The third-order valence-corrected chi connectivity index (χ3v) is 2.28. The molecule has 1 heterocycles. The van der Waals surface area contributed by atoms with Crippen LogP contribution in [0.2, 0.25) is 0 Å². The fourth-order valence-electron chi connectivity index (χ4n) is 1.60. The standard InChI is InChI=1S/C11H14FNO/c1-11(2)7-13-6-8-3-4-9(12)5-10(8)14-11/h3-5,13H,6-7H2,1-2H3. The Labute approximate surface area is 83.1 Å². The molecule has 14 heavy (non-hydrogen) atoms. The van der Waals surface area contributed by atoms with Crippen LogP contribution in [0.1, 0.15) is 19.4 Å². The number of fused-ring (bicyclic) bond motifs is 1. The van der Waals surface area contributed by atoms with Crippen LogP contribution in [0.15, 0.2) is 18.2 Å². The van der Waals surface area contributed by atoms with Crippen molar-refractivity contribution in [2.45, 2.75) is 26.0 Å². The van der Waals surface area contributed by atoms with Crippen LogP contribution in [-0.2, 0) is 6.54 Å². The molecule has 2 rings (SSSR count). The molecule has 0 saturated heterocycles. The predicted molar refractivity (Wildman–Crippen MR) is 52.8 cm³/mol. The molecule has 0 amide bonds. The molecule has 1 aromatic carbocycles. The maximum Gasteiger partial charge on any atom is 0.127 e. The van der Waals surface area contributed by atoms with E-state index in [4.69, 9.17) is 4.74 Å². The Morgan fingerprint density at radius 2 is 2.21 bits per heavy atom. The molecule has 0 unspecified atom stereocenters. The van der Waals surface area contributed by atoms with Gasteiger partial charge in [0, 0.05) is 24.7 Å². The molecule has 1 aliphatic heterocycles. The molecule has 1 N–H and O–H groups in total. The topological polar surface area (TPSA) is 21.3 Å². The number of halogens is 1. The predicted octanol–water partition coefficient (Wildman–Crippen LogP) is 2.09. The van der Waals surface area contributed by atoms with Crippen molar-refractivity contribution in [3.8, 4) is 5.75 Å². The number of nitrogens with one attached hydrogen (secondary N) is 1. The van der Waals surface area contributed by atoms with Crippen LogP contribution in [0.25, 0.3) is 0 Å². The molecule has 0 spiro atoms. The highest BCUT2D eigenvalue weighted by atomic mass is 19.1. The van der Waals surface area contributed by atoms with Crippen LogP contribution in [0.3, 0.4) is 0 Å². The van der Waals surface area contributed by atoms with Crippen molar-refractivity contribution in [1.82, 2.24) is 5.32 Å². The summed E-state index contributed by atoms with van der Waals surface area (Å²) >= 11 is 0. The number of ether oxygens (including phenoxy) is 1. The molecular weight excluding hydrogens is 181 g/mol. The van der Waals surface area contributed by atoms with Gasteiger partial charge in [-0.1, -0.05) is 6.07 Å². The highest BCUT2D eigenvalue weighted by Crippen LogP contribution is 2.26. The van der Waals surface area contributed by atoms with Crippen LogP contribution in [-0.4, -0.2) is 12.1 Å². The number of hydrogen-bond donors (Lipinski definition) is 1. The summed E-state index contributed by atoms with van der Waals surface area (Å²) in [5.74, 6) is 0.404. The molecule has 1 aliphatic rings. The molecule has 0 atom stereocenters. The number of benzene rings is 1.